The minimum absolute atomic E-state index is 0.242. The van der Waals surface area contributed by atoms with Crippen LogP contribution in [0.4, 0.5) is 5.82 Å². The molecule has 3 aromatic heterocycles. The molecule has 1 amide bonds. The van der Waals surface area contributed by atoms with Crippen LogP contribution in [0.5, 0.6) is 0 Å². The van der Waals surface area contributed by atoms with Gasteiger partial charge in [0, 0.05) is 30.4 Å². The van der Waals surface area contributed by atoms with Crippen molar-refractivity contribution in [1.29, 1.82) is 0 Å². The zero-order valence-corrected chi connectivity index (χ0v) is 11.4. The summed E-state index contributed by atoms with van der Waals surface area (Å²) in [6.07, 6.45) is 1.54. The van der Waals surface area contributed by atoms with E-state index in [0.717, 1.165) is 22.4 Å². The summed E-state index contributed by atoms with van der Waals surface area (Å²) < 4.78 is 1.70. The van der Waals surface area contributed by atoms with Crippen LogP contribution in [0.15, 0.2) is 18.3 Å². The minimum atomic E-state index is -0.242. The molecule has 2 N–H and O–H groups in total. The lowest BCUT2D eigenvalue weighted by molar-refractivity contribution is 0.102. The Hall–Kier alpha value is -2.70. The molecule has 0 aliphatic carbocycles. The Morgan fingerprint density at radius 2 is 2.15 bits per heavy atom. The first-order valence-corrected chi connectivity index (χ1v) is 6.17. The zero-order valence-electron chi connectivity index (χ0n) is 11.4. The van der Waals surface area contributed by atoms with Crippen LogP contribution in [0.25, 0.3) is 11.0 Å². The van der Waals surface area contributed by atoms with Crippen LogP contribution in [0.2, 0.25) is 0 Å². The molecular weight excluding hydrogens is 256 g/mol. The van der Waals surface area contributed by atoms with Gasteiger partial charge in [-0.05, 0) is 19.9 Å². The Balaban J connectivity index is 1.93. The monoisotopic (exact) mass is 270 g/mol. The van der Waals surface area contributed by atoms with Crippen molar-refractivity contribution in [2.45, 2.75) is 13.8 Å². The summed E-state index contributed by atoms with van der Waals surface area (Å²) in [5.41, 5.74) is 2.97. The van der Waals surface area contributed by atoms with Gasteiger partial charge in [-0.15, -0.1) is 0 Å². The second kappa shape index (κ2) is 4.44. The van der Waals surface area contributed by atoms with Crippen molar-refractivity contribution in [2.24, 2.45) is 7.05 Å². The van der Waals surface area contributed by atoms with Gasteiger partial charge in [-0.3, -0.25) is 14.6 Å². The standard InChI is InChI=1S/C13H14N6O/c1-7-4-11(17-16-7)15-13(20)9-5-10-8(2)18-19(3)12(10)14-6-9/h4-6H,1-3H3,(H2,15,16,17,20). The van der Waals surface area contributed by atoms with Gasteiger partial charge in [0.25, 0.3) is 5.91 Å². The first-order valence-electron chi connectivity index (χ1n) is 6.17. The molecule has 7 nitrogen and oxygen atoms in total. The van der Waals surface area contributed by atoms with Crippen LogP contribution in [0.3, 0.4) is 0 Å². The van der Waals surface area contributed by atoms with Crippen molar-refractivity contribution in [3.8, 4) is 0 Å². The fourth-order valence-electron chi connectivity index (χ4n) is 2.10. The van der Waals surface area contributed by atoms with Crippen LogP contribution >= 0.6 is 0 Å². The van der Waals surface area contributed by atoms with Crippen LogP contribution < -0.4 is 5.32 Å². The Morgan fingerprint density at radius 3 is 2.85 bits per heavy atom. The summed E-state index contributed by atoms with van der Waals surface area (Å²) in [5, 5.41) is 14.6. The Bertz CT molecular complexity index is 800. The lowest BCUT2D eigenvalue weighted by Gasteiger charge is -2.02. The molecule has 0 aliphatic rings. The van der Waals surface area contributed by atoms with E-state index in [1.807, 2.05) is 20.9 Å². The molecule has 0 unspecified atom stereocenters. The largest absolute Gasteiger partial charge is 0.305 e. The number of carbonyl (C=O) groups is 1. The molecule has 0 aromatic carbocycles. The van der Waals surface area contributed by atoms with Crippen molar-refractivity contribution >= 4 is 22.8 Å². The first kappa shape index (κ1) is 12.3. The molecule has 20 heavy (non-hydrogen) atoms. The van der Waals surface area contributed by atoms with Gasteiger partial charge in [-0.2, -0.15) is 10.2 Å². The van der Waals surface area contributed by atoms with Crippen LogP contribution in [0.1, 0.15) is 21.7 Å². The van der Waals surface area contributed by atoms with Gasteiger partial charge in [0.05, 0.1) is 11.3 Å². The molecule has 7 heteroatoms. The molecule has 0 bridgehead atoms. The van der Waals surface area contributed by atoms with Gasteiger partial charge in [-0.25, -0.2) is 4.98 Å². The first-order chi connectivity index (χ1) is 9.54. The number of anilines is 1. The highest BCUT2D eigenvalue weighted by molar-refractivity contribution is 6.05. The van der Waals surface area contributed by atoms with E-state index < -0.39 is 0 Å². The van der Waals surface area contributed by atoms with Crippen molar-refractivity contribution in [3.63, 3.8) is 0 Å². The fraction of sp³-hybridized carbons (Fsp3) is 0.231. The van der Waals surface area contributed by atoms with Crippen molar-refractivity contribution in [3.05, 3.63) is 35.3 Å². The molecule has 3 rings (SSSR count). The van der Waals surface area contributed by atoms with Gasteiger partial charge in [0.15, 0.2) is 11.5 Å². The van der Waals surface area contributed by atoms with Gasteiger partial charge in [-0.1, -0.05) is 0 Å². The molecule has 102 valence electrons. The summed E-state index contributed by atoms with van der Waals surface area (Å²) in [6, 6.07) is 3.55. The molecule has 0 aliphatic heterocycles. The number of aromatic amines is 1. The Kier molecular flexibility index (Phi) is 2.74. The third-order valence-electron chi connectivity index (χ3n) is 3.07. The maximum Gasteiger partial charge on any atom is 0.258 e. The maximum absolute atomic E-state index is 12.2. The summed E-state index contributed by atoms with van der Waals surface area (Å²) >= 11 is 0. The van der Waals surface area contributed by atoms with E-state index in [9.17, 15) is 4.79 Å². The molecule has 3 aromatic rings. The van der Waals surface area contributed by atoms with Gasteiger partial charge >= 0.3 is 0 Å². The number of nitrogens with one attached hydrogen (secondary N) is 2. The smallest absolute Gasteiger partial charge is 0.258 e. The number of aryl methyl sites for hydroxylation is 3. The highest BCUT2D eigenvalue weighted by Crippen LogP contribution is 2.17. The minimum Gasteiger partial charge on any atom is -0.305 e. The maximum atomic E-state index is 12.2. The van der Waals surface area contributed by atoms with E-state index in [4.69, 9.17) is 0 Å². The molecule has 0 atom stereocenters. The fourth-order valence-corrected chi connectivity index (χ4v) is 2.10. The van der Waals surface area contributed by atoms with Crippen LogP contribution in [-0.4, -0.2) is 30.9 Å². The number of hydrogen-bond donors (Lipinski definition) is 2. The Labute approximate surface area is 115 Å². The predicted molar refractivity (Wildman–Crippen MR) is 74.5 cm³/mol. The molecule has 0 radical (unpaired) electrons. The topological polar surface area (TPSA) is 88.5 Å². The second-order valence-corrected chi connectivity index (χ2v) is 4.69. The molecule has 3 heterocycles. The zero-order chi connectivity index (χ0) is 14.3. The predicted octanol–water partition coefficient (Wildman–Crippen LogP) is 1.56. The summed E-state index contributed by atoms with van der Waals surface area (Å²) in [5.74, 6) is 0.254. The third-order valence-corrected chi connectivity index (χ3v) is 3.07. The van der Waals surface area contributed by atoms with E-state index in [2.05, 4.69) is 25.6 Å². The van der Waals surface area contributed by atoms with E-state index in [0.29, 0.717) is 11.4 Å². The van der Waals surface area contributed by atoms with Crippen molar-refractivity contribution < 1.29 is 4.79 Å². The van der Waals surface area contributed by atoms with E-state index in [1.165, 1.54) is 6.20 Å². The molecule has 0 spiro atoms. The molecule has 0 saturated heterocycles. The third kappa shape index (κ3) is 2.03. The number of H-pyrrole nitrogens is 1. The van der Waals surface area contributed by atoms with E-state index in [1.54, 1.807) is 16.8 Å². The van der Waals surface area contributed by atoms with Crippen molar-refractivity contribution in [2.75, 3.05) is 5.32 Å². The number of rotatable bonds is 2. The van der Waals surface area contributed by atoms with E-state index >= 15 is 0 Å². The van der Waals surface area contributed by atoms with Gasteiger partial charge < -0.3 is 5.32 Å². The average Bonchev–Trinajstić information content (AvgIpc) is 2.94. The lowest BCUT2D eigenvalue weighted by atomic mass is 10.2. The van der Waals surface area contributed by atoms with E-state index in [-0.39, 0.29) is 5.91 Å². The summed E-state index contributed by atoms with van der Waals surface area (Å²) in [4.78, 5) is 16.4. The van der Waals surface area contributed by atoms with Crippen molar-refractivity contribution in [1.82, 2.24) is 25.0 Å². The van der Waals surface area contributed by atoms with Crippen LogP contribution in [0, 0.1) is 13.8 Å². The molecule has 0 saturated carbocycles. The molecular formula is C13H14N6O. The number of aromatic nitrogens is 5. The number of amides is 1. The highest BCUT2D eigenvalue weighted by atomic mass is 16.1. The molecule has 0 fully saturated rings. The average molecular weight is 270 g/mol. The number of nitrogens with zero attached hydrogens (tertiary/aromatic N) is 4. The van der Waals surface area contributed by atoms with Crippen LogP contribution in [-0.2, 0) is 7.05 Å². The summed E-state index contributed by atoms with van der Waals surface area (Å²) in [7, 11) is 1.83. The second-order valence-electron chi connectivity index (χ2n) is 4.69. The highest BCUT2D eigenvalue weighted by Gasteiger charge is 2.12. The normalized spacial score (nSPS) is 10.9. The number of pyridine rings is 1. The van der Waals surface area contributed by atoms with Gasteiger partial charge in [0.2, 0.25) is 0 Å². The number of carbonyl (C=O) groups excluding carboxylic acids is 1. The number of fused-ring (bicyclic) bond motifs is 1. The Morgan fingerprint density at radius 1 is 1.35 bits per heavy atom. The lowest BCUT2D eigenvalue weighted by Crippen LogP contribution is -2.12. The SMILES string of the molecule is Cc1cc(NC(=O)c2cnc3c(c2)c(C)nn3C)n[nH]1. The summed E-state index contributed by atoms with van der Waals surface area (Å²) in [6.45, 7) is 3.76. The number of hydrogen-bond acceptors (Lipinski definition) is 4. The van der Waals surface area contributed by atoms with Gasteiger partial charge in [0.1, 0.15) is 0 Å². The quantitative estimate of drug-likeness (QED) is 0.739.